The quantitative estimate of drug-likeness (QED) is 0.874. The molecular formula is C15H17F3N2O2. The fourth-order valence-electron chi connectivity index (χ4n) is 2.06. The average Bonchev–Trinajstić information content (AvgIpc) is 3.19. The van der Waals surface area contributed by atoms with Gasteiger partial charge in [-0.3, -0.25) is 9.59 Å². The Kier molecular flexibility index (Phi) is 4.73. The van der Waals surface area contributed by atoms with E-state index in [0.29, 0.717) is 11.5 Å². The SMILES string of the molecule is CC1CC1C(=O)NCC(=O)NCc1ccc(C(F)(F)F)cc1. The van der Waals surface area contributed by atoms with Crippen molar-refractivity contribution >= 4 is 11.8 Å². The molecule has 7 heteroatoms. The van der Waals surface area contributed by atoms with Gasteiger partial charge in [-0.15, -0.1) is 0 Å². The van der Waals surface area contributed by atoms with Gasteiger partial charge in [0.2, 0.25) is 11.8 Å². The highest BCUT2D eigenvalue weighted by Crippen LogP contribution is 2.37. The normalized spacial score (nSPS) is 20.4. The Labute approximate surface area is 126 Å². The minimum atomic E-state index is -4.37. The van der Waals surface area contributed by atoms with Crippen LogP contribution in [0.3, 0.4) is 0 Å². The van der Waals surface area contributed by atoms with E-state index in [4.69, 9.17) is 0 Å². The molecule has 0 aliphatic heterocycles. The standard InChI is InChI=1S/C15H17F3N2O2/c1-9-6-12(9)14(22)20-8-13(21)19-7-10-2-4-11(5-3-10)15(16,17)18/h2-5,9,12H,6-8H2,1H3,(H,19,21)(H,20,22). The summed E-state index contributed by atoms with van der Waals surface area (Å²) in [5.41, 5.74) is -0.170. The van der Waals surface area contributed by atoms with Crippen molar-refractivity contribution in [3.05, 3.63) is 35.4 Å². The minimum Gasteiger partial charge on any atom is -0.350 e. The van der Waals surface area contributed by atoms with Gasteiger partial charge in [0.25, 0.3) is 0 Å². The van der Waals surface area contributed by atoms with Gasteiger partial charge < -0.3 is 10.6 Å². The van der Waals surface area contributed by atoms with E-state index in [-0.39, 0.29) is 30.8 Å². The molecule has 2 atom stereocenters. The second-order valence-corrected chi connectivity index (χ2v) is 5.51. The van der Waals surface area contributed by atoms with Crippen molar-refractivity contribution in [1.29, 1.82) is 0 Å². The first-order chi connectivity index (χ1) is 10.3. The lowest BCUT2D eigenvalue weighted by atomic mass is 10.1. The highest BCUT2D eigenvalue weighted by Gasteiger charge is 2.38. The van der Waals surface area contributed by atoms with Gasteiger partial charge in [0.05, 0.1) is 12.1 Å². The molecule has 22 heavy (non-hydrogen) atoms. The second-order valence-electron chi connectivity index (χ2n) is 5.51. The van der Waals surface area contributed by atoms with Crippen LogP contribution in [0.15, 0.2) is 24.3 Å². The summed E-state index contributed by atoms with van der Waals surface area (Å²) in [4.78, 5) is 23.1. The number of alkyl halides is 3. The molecule has 2 unspecified atom stereocenters. The molecule has 4 nitrogen and oxygen atoms in total. The van der Waals surface area contributed by atoms with Crippen LogP contribution in [0.25, 0.3) is 0 Å². The minimum absolute atomic E-state index is 0.00251. The molecule has 1 aliphatic carbocycles. The van der Waals surface area contributed by atoms with E-state index in [1.807, 2.05) is 6.92 Å². The number of rotatable bonds is 5. The van der Waals surface area contributed by atoms with Gasteiger partial charge in [0.1, 0.15) is 0 Å². The topological polar surface area (TPSA) is 58.2 Å². The van der Waals surface area contributed by atoms with E-state index in [1.54, 1.807) is 0 Å². The molecule has 2 N–H and O–H groups in total. The van der Waals surface area contributed by atoms with Crippen molar-refractivity contribution in [2.24, 2.45) is 11.8 Å². The number of benzene rings is 1. The average molecular weight is 314 g/mol. The summed E-state index contributed by atoms with van der Waals surface area (Å²) < 4.78 is 37.2. The summed E-state index contributed by atoms with van der Waals surface area (Å²) in [7, 11) is 0. The van der Waals surface area contributed by atoms with Crippen molar-refractivity contribution in [3.8, 4) is 0 Å². The third-order valence-corrected chi connectivity index (χ3v) is 3.64. The van der Waals surface area contributed by atoms with Crippen molar-refractivity contribution in [1.82, 2.24) is 10.6 Å². The number of hydrogen-bond acceptors (Lipinski definition) is 2. The van der Waals surface area contributed by atoms with E-state index in [2.05, 4.69) is 10.6 Å². The first-order valence-electron chi connectivity index (χ1n) is 6.98. The fourth-order valence-corrected chi connectivity index (χ4v) is 2.06. The van der Waals surface area contributed by atoms with Crippen molar-refractivity contribution in [3.63, 3.8) is 0 Å². The number of nitrogens with one attached hydrogen (secondary N) is 2. The van der Waals surface area contributed by atoms with Gasteiger partial charge in [-0.25, -0.2) is 0 Å². The Morgan fingerprint density at radius 2 is 1.77 bits per heavy atom. The first kappa shape index (κ1) is 16.3. The number of carbonyl (C=O) groups is 2. The van der Waals surface area contributed by atoms with Crippen LogP contribution < -0.4 is 10.6 Å². The smallest absolute Gasteiger partial charge is 0.350 e. The summed E-state index contributed by atoms with van der Waals surface area (Å²) in [5, 5.41) is 5.09. The lowest BCUT2D eigenvalue weighted by molar-refractivity contribution is -0.137. The van der Waals surface area contributed by atoms with Crippen molar-refractivity contribution < 1.29 is 22.8 Å². The maximum atomic E-state index is 12.4. The van der Waals surface area contributed by atoms with Gasteiger partial charge in [-0.05, 0) is 30.0 Å². The molecule has 0 radical (unpaired) electrons. The van der Waals surface area contributed by atoms with Crippen molar-refractivity contribution in [2.45, 2.75) is 26.1 Å². The van der Waals surface area contributed by atoms with Gasteiger partial charge in [0.15, 0.2) is 0 Å². The zero-order valence-corrected chi connectivity index (χ0v) is 12.0. The van der Waals surface area contributed by atoms with Crippen LogP contribution in [0.2, 0.25) is 0 Å². The summed E-state index contributed by atoms with van der Waals surface area (Å²) in [5.74, 6) is -0.128. The van der Waals surface area contributed by atoms with Crippen molar-refractivity contribution in [2.75, 3.05) is 6.54 Å². The van der Waals surface area contributed by atoms with Crippen LogP contribution in [0.5, 0.6) is 0 Å². The number of carbonyl (C=O) groups excluding carboxylic acids is 2. The summed E-state index contributed by atoms with van der Waals surface area (Å²) >= 11 is 0. The maximum Gasteiger partial charge on any atom is 0.416 e. The van der Waals surface area contributed by atoms with Crippen LogP contribution in [0, 0.1) is 11.8 Å². The fraction of sp³-hybridized carbons (Fsp3) is 0.467. The van der Waals surface area contributed by atoms with E-state index >= 15 is 0 Å². The molecule has 120 valence electrons. The highest BCUT2D eigenvalue weighted by atomic mass is 19.4. The predicted octanol–water partition coefficient (Wildman–Crippen LogP) is 2.09. The largest absolute Gasteiger partial charge is 0.416 e. The van der Waals surface area contributed by atoms with Crippen LogP contribution >= 0.6 is 0 Å². The highest BCUT2D eigenvalue weighted by molar-refractivity contribution is 5.87. The van der Waals surface area contributed by atoms with Gasteiger partial charge in [-0.1, -0.05) is 19.1 Å². The molecule has 2 amide bonds. The third kappa shape index (κ3) is 4.47. The first-order valence-corrected chi connectivity index (χ1v) is 6.98. The Morgan fingerprint density at radius 3 is 2.27 bits per heavy atom. The molecule has 0 heterocycles. The number of hydrogen-bond donors (Lipinski definition) is 2. The van der Waals surface area contributed by atoms with Crippen LogP contribution in [0.1, 0.15) is 24.5 Å². The molecule has 1 fully saturated rings. The zero-order chi connectivity index (χ0) is 16.3. The van der Waals surface area contributed by atoms with Crippen LogP contribution in [-0.4, -0.2) is 18.4 Å². The Morgan fingerprint density at radius 1 is 1.18 bits per heavy atom. The number of amides is 2. The van der Waals surface area contributed by atoms with Gasteiger partial charge >= 0.3 is 6.18 Å². The zero-order valence-electron chi connectivity index (χ0n) is 12.0. The molecule has 1 aliphatic rings. The molecule has 2 rings (SSSR count). The molecule has 0 aromatic heterocycles. The van der Waals surface area contributed by atoms with Gasteiger partial charge in [-0.2, -0.15) is 13.2 Å². The van der Waals surface area contributed by atoms with E-state index in [1.165, 1.54) is 12.1 Å². The van der Waals surface area contributed by atoms with E-state index in [0.717, 1.165) is 18.6 Å². The molecule has 1 aromatic carbocycles. The Hall–Kier alpha value is -2.05. The lowest BCUT2D eigenvalue weighted by Crippen LogP contribution is -2.37. The molecule has 1 aromatic rings. The molecular weight excluding hydrogens is 297 g/mol. The van der Waals surface area contributed by atoms with Crippen LogP contribution in [-0.2, 0) is 22.3 Å². The monoisotopic (exact) mass is 314 g/mol. The maximum absolute atomic E-state index is 12.4. The molecule has 1 saturated carbocycles. The summed E-state index contributed by atoms with van der Waals surface area (Å²) in [6, 6.07) is 4.57. The summed E-state index contributed by atoms with van der Waals surface area (Å²) in [6.07, 6.45) is -3.52. The van der Waals surface area contributed by atoms with Crippen LogP contribution in [0.4, 0.5) is 13.2 Å². The molecule has 0 spiro atoms. The Balaban J connectivity index is 1.73. The third-order valence-electron chi connectivity index (χ3n) is 3.64. The van der Waals surface area contributed by atoms with Gasteiger partial charge in [0, 0.05) is 12.5 Å². The Bertz CT molecular complexity index is 555. The molecule has 0 saturated heterocycles. The van der Waals surface area contributed by atoms with E-state index in [9.17, 15) is 22.8 Å². The predicted molar refractivity (Wildman–Crippen MR) is 73.6 cm³/mol. The molecule has 0 bridgehead atoms. The lowest BCUT2D eigenvalue weighted by Gasteiger charge is -2.09. The van der Waals surface area contributed by atoms with E-state index < -0.39 is 11.7 Å². The second kappa shape index (κ2) is 6.37. The number of halogens is 3. The summed E-state index contributed by atoms with van der Waals surface area (Å²) in [6.45, 7) is 1.96.